The van der Waals surface area contributed by atoms with Crippen LogP contribution in [0.25, 0.3) is 0 Å². The molecule has 0 bridgehead atoms. The van der Waals surface area contributed by atoms with Gasteiger partial charge in [-0.15, -0.1) is 11.6 Å². The number of hydrogen-bond donors (Lipinski definition) is 0. The molecule has 82 valence electrons. The lowest BCUT2D eigenvalue weighted by atomic mass is 10.3. The molecule has 0 radical (unpaired) electrons. The summed E-state index contributed by atoms with van der Waals surface area (Å²) in [6.07, 6.45) is 0. The Balaban J connectivity index is 3.04. The van der Waals surface area contributed by atoms with Crippen molar-refractivity contribution in [3.8, 4) is 5.75 Å². The van der Waals surface area contributed by atoms with Crippen molar-refractivity contribution < 1.29 is 9.66 Å². The number of non-ortho nitro benzene ring substituents is 1. The second kappa shape index (κ2) is 5.67. The number of alkyl halides is 1. The first-order chi connectivity index (χ1) is 7.06. The summed E-state index contributed by atoms with van der Waals surface area (Å²) in [7, 11) is 0. The molecule has 1 aromatic rings. The van der Waals surface area contributed by atoms with Crippen molar-refractivity contribution in [3.63, 3.8) is 0 Å². The Morgan fingerprint density at radius 1 is 1.40 bits per heavy atom. The molecule has 0 aliphatic heterocycles. The normalized spacial score (nSPS) is 10.1. The zero-order valence-electron chi connectivity index (χ0n) is 7.37. The molecule has 4 nitrogen and oxygen atoms in total. The van der Waals surface area contributed by atoms with Crippen LogP contribution in [0.15, 0.2) is 21.1 Å². The van der Waals surface area contributed by atoms with Crippen molar-refractivity contribution in [1.82, 2.24) is 0 Å². The Morgan fingerprint density at radius 2 is 1.93 bits per heavy atom. The number of hydrogen-bond acceptors (Lipinski definition) is 3. The molecule has 1 rings (SSSR count). The Hall–Kier alpha value is -0.330. The van der Waals surface area contributed by atoms with Gasteiger partial charge in [0.25, 0.3) is 5.69 Å². The molecule has 0 atom stereocenters. The maximum atomic E-state index is 10.5. The van der Waals surface area contributed by atoms with Crippen LogP contribution in [0.1, 0.15) is 0 Å². The molecule has 0 aliphatic carbocycles. The van der Waals surface area contributed by atoms with Gasteiger partial charge in [-0.1, -0.05) is 0 Å². The Labute approximate surface area is 108 Å². The fourth-order valence-corrected chi connectivity index (χ4v) is 2.40. The average molecular weight is 359 g/mol. The highest BCUT2D eigenvalue weighted by molar-refractivity contribution is 9.11. The first-order valence-electron chi connectivity index (χ1n) is 3.88. The largest absolute Gasteiger partial charge is 0.490 e. The predicted octanol–water partition coefficient (Wildman–Crippen LogP) is 3.74. The average Bonchev–Trinajstić information content (AvgIpc) is 2.16. The standard InChI is InChI=1S/C8H6Br2ClNO3/c9-6-3-5(12(13)14)4-7(10)8(6)15-2-1-11/h3-4H,1-2H2. The van der Waals surface area contributed by atoms with Crippen LogP contribution in [0, 0.1) is 10.1 Å². The van der Waals surface area contributed by atoms with E-state index < -0.39 is 4.92 Å². The Kier molecular flexibility index (Phi) is 4.82. The van der Waals surface area contributed by atoms with Gasteiger partial charge in [0.15, 0.2) is 0 Å². The zero-order chi connectivity index (χ0) is 11.4. The molecule has 0 fully saturated rings. The van der Waals surface area contributed by atoms with E-state index >= 15 is 0 Å². The van der Waals surface area contributed by atoms with E-state index in [-0.39, 0.29) is 5.69 Å². The Bertz CT molecular complexity index is 363. The lowest BCUT2D eigenvalue weighted by molar-refractivity contribution is -0.385. The number of benzene rings is 1. The molecule has 0 amide bonds. The van der Waals surface area contributed by atoms with Gasteiger partial charge >= 0.3 is 0 Å². The van der Waals surface area contributed by atoms with Gasteiger partial charge in [0.1, 0.15) is 12.4 Å². The summed E-state index contributed by atoms with van der Waals surface area (Å²) in [6, 6.07) is 2.77. The molecule has 0 unspecified atom stereocenters. The summed E-state index contributed by atoms with van der Waals surface area (Å²) in [5, 5.41) is 10.5. The summed E-state index contributed by atoms with van der Waals surface area (Å²) >= 11 is 11.9. The topological polar surface area (TPSA) is 52.4 Å². The third-order valence-electron chi connectivity index (χ3n) is 1.52. The van der Waals surface area contributed by atoms with Gasteiger partial charge < -0.3 is 4.74 Å². The third-order valence-corrected chi connectivity index (χ3v) is 2.85. The van der Waals surface area contributed by atoms with Crippen molar-refractivity contribution in [2.75, 3.05) is 12.5 Å². The van der Waals surface area contributed by atoms with Crippen LogP contribution in [0.5, 0.6) is 5.75 Å². The summed E-state index contributed by atoms with van der Waals surface area (Å²) in [4.78, 5) is 10.1. The number of nitro benzene ring substituents is 1. The van der Waals surface area contributed by atoms with Crippen molar-refractivity contribution in [3.05, 3.63) is 31.2 Å². The molecule has 0 heterocycles. The zero-order valence-corrected chi connectivity index (χ0v) is 11.3. The van der Waals surface area contributed by atoms with E-state index in [4.69, 9.17) is 16.3 Å². The molecule has 0 aromatic heterocycles. The minimum absolute atomic E-state index is 0.00743. The van der Waals surface area contributed by atoms with E-state index in [0.29, 0.717) is 27.2 Å². The van der Waals surface area contributed by atoms with Gasteiger partial charge in [-0.05, 0) is 31.9 Å². The third kappa shape index (κ3) is 3.32. The molecule has 0 saturated heterocycles. The van der Waals surface area contributed by atoms with Crippen molar-refractivity contribution in [1.29, 1.82) is 0 Å². The summed E-state index contributed by atoms with van der Waals surface area (Å²) in [5.41, 5.74) is -0.00743. The van der Waals surface area contributed by atoms with Crippen LogP contribution >= 0.6 is 43.5 Å². The van der Waals surface area contributed by atoms with E-state index in [9.17, 15) is 10.1 Å². The van der Waals surface area contributed by atoms with Crippen LogP contribution < -0.4 is 4.74 Å². The van der Waals surface area contributed by atoms with Gasteiger partial charge in [-0.3, -0.25) is 10.1 Å². The second-order valence-corrected chi connectivity index (χ2v) is 4.62. The van der Waals surface area contributed by atoms with Crippen LogP contribution in [0.2, 0.25) is 0 Å². The fourth-order valence-electron chi connectivity index (χ4n) is 0.930. The maximum Gasteiger partial charge on any atom is 0.271 e. The lowest BCUT2D eigenvalue weighted by Gasteiger charge is -2.08. The number of nitro groups is 1. The van der Waals surface area contributed by atoms with Gasteiger partial charge in [-0.25, -0.2) is 0 Å². The minimum Gasteiger partial charge on any atom is -0.490 e. The Morgan fingerprint density at radius 3 is 2.33 bits per heavy atom. The van der Waals surface area contributed by atoms with Gasteiger partial charge in [0.2, 0.25) is 0 Å². The van der Waals surface area contributed by atoms with Crippen LogP contribution in [0.3, 0.4) is 0 Å². The van der Waals surface area contributed by atoms with Crippen LogP contribution in [-0.2, 0) is 0 Å². The van der Waals surface area contributed by atoms with E-state index in [1.807, 2.05) is 0 Å². The predicted molar refractivity (Wildman–Crippen MR) is 64.7 cm³/mol. The van der Waals surface area contributed by atoms with Gasteiger partial charge in [0, 0.05) is 12.1 Å². The van der Waals surface area contributed by atoms with E-state index in [0.717, 1.165) is 0 Å². The number of ether oxygens (including phenoxy) is 1. The quantitative estimate of drug-likeness (QED) is 0.467. The smallest absolute Gasteiger partial charge is 0.271 e. The molecule has 0 N–H and O–H groups in total. The molecular weight excluding hydrogens is 353 g/mol. The summed E-state index contributed by atoms with van der Waals surface area (Å²) < 4.78 is 6.35. The van der Waals surface area contributed by atoms with Gasteiger partial charge in [0.05, 0.1) is 19.7 Å². The van der Waals surface area contributed by atoms with E-state index in [2.05, 4.69) is 31.9 Å². The van der Waals surface area contributed by atoms with Crippen molar-refractivity contribution in [2.45, 2.75) is 0 Å². The number of halogens is 3. The fraction of sp³-hybridized carbons (Fsp3) is 0.250. The van der Waals surface area contributed by atoms with Crippen molar-refractivity contribution >= 4 is 49.1 Å². The van der Waals surface area contributed by atoms with Crippen LogP contribution in [-0.4, -0.2) is 17.4 Å². The minimum atomic E-state index is -0.471. The second-order valence-electron chi connectivity index (χ2n) is 2.53. The molecule has 0 spiro atoms. The molecular formula is C8H6Br2ClNO3. The molecule has 0 saturated carbocycles. The van der Waals surface area contributed by atoms with Crippen LogP contribution in [0.4, 0.5) is 5.69 Å². The van der Waals surface area contributed by atoms with E-state index in [1.165, 1.54) is 12.1 Å². The molecule has 7 heteroatoms. The lowest BCUT2D eigenvalue weighted by Crippen LogP contribution is -2.00. The molecule has 1 aromatic carbocycles. The number of rotatable bonds is 4. The maximum absolute atomic E-state index is 10.5. The summed E-state index contributed by atoms with van der Waals surface area (Å²) in [5.74, 6) is 0.872. The molecule has 0 aliphatic rings. The highest BCUT2D eigenvalue weighted by Gasteiger charge is 2.14. The highest BCUT2D eigenvalue weighted by Crippen LogP contribution is 2.37. The summed E-state index contributed by atoms with van der Waals surface area (Å²) in [6.45, 7) is 0.344. The highest BCUT2D eigenvalue weighted by atomic mass is 79.9. The van der Waals surface area contributed by atoms with Crippen molar-refractivity contribution in [2.24, 2.45) is 0 Å². The van der Waals surface area contributed by atoms with Gasteiger partial charge in [-0.2, -0.15) is 0 Å². The number of nitrogens with zero attached hydrogens (tertiary/aromatic N) is 1. The monoisotopic (exact) mass is 357 g/mol. The SMILES string of the molecule is O=[N+]([O-])c1cc(Br)c(OCCCl)c(Br)c1. The first kappa shape index (κ1) is 12.7. The molecule has 15 heavy (non-hydrogen) atoms. The van der Waals surface area contributed by atoms with E-state index in [1.54, 1.807) is 0 Å². The first-order valence-corrected chi connectivity index (χ1v) is 6.00.